The molecule has 0 spiro atoms. The molecule has 6 heteroatoms. The molecular weight excluding hydrogens is 302 g/mol. The van der Waals surface area contributed by atoms with Crippen molar-refractivity contribution in [1.82, 2.24) is 0 Å². The Morgan fingerprint density at radius 2 is 1.94 bits per heavy atom. The van der Waals surface area contributed by atoms with E-state index in [1.54, 1.807) is 12.1 Å². The van der Waals surface area contributed by atoms with E-state index in [1.165, 1.54) is 19.2 Å². The number of rotatable bonds is 2. The third-order valence-electron chi connectivity index (χ3n) is 2.64. The van der Waals surface area contributed by atoms with Crippen LogP contribution in [0.15, 0.2) is 24.3 Å². The second-order valence-corrected chi connectivity index (χ2v) is 4.88. The molecule has 1 aromatic carbocycles. The maximum Gasteiger partial charge on any atom is 0.337 e. The van der Waals surface area contributed by atoms with E-state index in [0.717, 1.165) is 4.90 Å². The molecule has 1 heterocycles. The highest BCUT2D eigenvalue weighted by Gasteiger charge is 2.37. The zero-order chi connectivity index (χ0) is 13.3. The Balaban J connectivity index is 2.27. The van der Waals surface area contributed by atoms with E-state index in [4.69, 9.17) is 0 Å². The van der Waals surface area contributed by atoms with Crippen LogP contribution >= 0.6 is 15.9 Å². The van der Waals surface area contributed by atoms with Crippen LogP contribution in [0, 0.1) is 0 Å². The van der Waals surface area contributed by atoms with Gasteiger partial charge in [0, 0.05) is 6.42 Å². The number of hydrogen-bond donors (Lipinski definition) is 0. The van der Waals surface area contributed by atoms with Gasteiger partial charge in [0.2, 0.25) is 11.8 Å². The summed E-state index contributed by atoms with van der Waals surface area (Å²) in [6.45, 7) is 0. The fourth-order valence-corrected chi connectivity index (χ4v) is 2.21. The predicted molar refractivity (Wildman–Crippen MR) is 67.6 cm³/mol. The van der Waals surface area contributed by atoms with Crippen molar-refractivity contribution in [2.45, 2.75) is 11.2 Å². The Kier molecular flexibility index (Phi) is 3.47. The van der Waals surface area contributed by atoms with Crippen LogP contribution in [0.5, 0.6) is 0 Å². The number of alkyl halides is 1. The van der Waals surface area contributed by atoms with Crippen LogP contribution in [0.25, 0.3) is 0 Å². The first-order chi connectivity index (χ1) is 8.54. The molecular formula is C12H10BrNO4. The number of halogens is 1. The molecule has 94 valence electrons. The molecule has 0 N–H and O–H groups in total. The van der Waals surface area contributed by atoms with E-state index < -0.39 is 10.8 Å². The minimum absolute atomic E-state index is 0.150. The number of carbonyl (C=O) groups is 3. The zero-order valence-electron chi connectivity index (χ0n) is 9.55. The number of esters is 1. The predicted octanol–water partition coefficient (Wildman–Crippen LogP) is 1.50. The van der Waals surface area contributed by atoms with Crippen molar-refractivity contribution in [2.75, 3.05) is 12.0 Å². The standard InChI is InChI=1S/C12H10BrNO4/c1-18-12(17)7-2-4-8(5-3-7)14-10(15)6-9(13)11(14)16/h2-5,9H,6H2,1H3. The first-order valence-electron chi connectivity index (χ1n) is 5.24. The molecule has 1 aliphatic rings. The monoisotopic (exact) mass is 311 g/mol. The fraction of sp³-hybridized carbons (Fsp3) is 0.250. The Morgan fingerprint density at radius 3 is 2.39 bits per heavy atom. The van der Waals surface area contributed by atoms with Gasteiger partial charge in [-0.1, -0.05) is 15.9 Å². The maximum absolute atomic E-state index is 11.8. The van der Waals surface area contributed by atoms with Crippen molar-refractivity contribution < 1.29 is 19.1 Å². The summed E-state index contributed by atoms with van der Waals surface area (Å²) in [7, 11) is 1.29. The summed E-state index contributed by atoms with van der Waals surface area (Å²) < 4.78 is 4.57. The normalized spacial score (nSPS) is 19.2. The molecule has 0 aliphatic carbocycles. The van der Waals surface area contributed by atoms with Gasteiger partial charge in [0.1, 0.15) is 4.83 Å². The van der Waals surface area contributed by atoms with Crippen LogP contribution in [-0.4, -0.2) is 29.7 Å². The highest BCUT2D eigenvalue weighted by atomic mass is 79.9. The molecule has 18 heavy (non-hydrogen) atoms. The maximum atomic E-state index is 11.8. The summed E-state index contributed by atoms with van der Waals surface area (Å²) in [4.78, 5) is 35.3. The molecule has 1 atom stereocenters. The number of methoxy groups -OCH3 is 1. The Bertz CT molecular complexity index is 511. The molecule has 5 nitrogen and oxygen atoms in total. The quantitative estimate of drug-likeness (QED) is 0.472. The van der Waals surface area contributed by atoms with Gasteiger partial charge in [0.05, 0.1) is 18.4 Å². The van der Waals surface area contributed by atoms with Crippen LogP contribution < -0.4 is 4.90 Å². The van der Waals surface area contributed by atoms with Gasteiger partial charge in [0.25, 0.3) is 0 Å². The number of ether oxygens (including phenoxy) is 1. The molecule has 1 aromatic rings. The second kappa shape index (κ2) is 4.89. The summed E-state index contributed by atoms with van der Waals surface area (Å²) in [5.74, 6) is -1.00. The number of benzene rings is 1. The summed E-state index contributed by atoms with van der Waals surface area (Å²) in [5.41, 5.74) is 0.829. The number of nitrogens with zero attached hydrogens (tertiary/aromatic N) is 1. The summed E-state index contributed by atoms with van der Waals surface area (Å²) in [6.07, 6.45) is 0.150. The van der Waals surface area contributed by atoms with Crippen molar-refractivity contribution >= 4 is 39.4 Å². The van der Waals surface area contributed by atoms with Gasteiger partial charge < -0.3 is 4.74 Å². The minimum atomic E-state index is -0.467. The fourth-order valence-electron chi connectivity index (χ4n) is 1.73. The van der Waals surface area contributed by atoms with Crippen LogP contribution in [0.1, 0.15) is 16.8 Å². The smallest absolute Gasteiger partial charge is 0.337 e. The molecule has 0 radical (unpaired) electrons. The van der Waals surface area contributed by atoms with Gasteiger partial charge in [-0.2, -0.15) is 0 Å². The summed E-state index contributed by atoms with van der Waals surface area (Å²) in [6, 6.07) is 6.13. The van der Waals surface area contributed by atoms with Gasteiger partial charge in [-0.05, 0) is 24.3 Å². The van der Waals surface area contributed by atoms with Crippen LogP contribution in [0.3, 0.4) is 0 Å². The lowest BCUT2D eigenvalue weighted by Crippen LogP contribution is -2.30. The first-order valence-corrected chi connectivity index (χ1v) is 6.15. The van der Waals surface area contributed by atoms with E-state index >= 15 is 0 Å². The molecule has 2 rings (SSSR count). The van der Waals surface area contributed by atoms with Gasteiger partial charge in [-0.25, -0.2) is 9.69 Å². The van der Waals surface area contributed by atoms with Crippen LogP contribution in [0.4, 0.5) is 5.69 Å². The van der Waals surface area contributed by atoms with Gasteiger partial charge >= 0.3 is 5.97 Å². The SMILES string of the molecule is COC(=O)c1ccc(N2C(=O)CC(Br)C2=O)cc1. The zero-order valence-corrected chi connectivity index (χ0v) is 11.1. The molecule has 0 bridgehead atoms. The molecule has 1 fully saturated rings. The topological polar surface area (TPSA) is 63.7 Å². The second-order valence-electron chi connectivity index (χ2n) is 3.78. The van der Waals surface area contributed by atoms with E-state index in [1.807, 2.05) is 0 Å². The Hall–Kier alpha value is -1.69. The minimum Gasteiger partial charge on any atom is -0.465 e. The first kappa shape index (κ1) is 12.8. The van der Waals surface area contributed by atoms with E-state index in [-0.39, 0.29) is 18.2 Å². The molecule has 1 unspecified atom stereocenters. The average molecular weight is 312 g/mol. The highest BCUT2D eigenvalue weighted by Crippen LogP contribution is 2.26. The average Bonchev–Trinajstić information content (AvgIpc) is 2.63. The number of anilines is 1. The van der Waals surface area contributed by atoms with Crippen molar-refractivity contribution in [1.29, 1.82) is 0 Å². The summed E-state index contributed by atoms with van der Waals surface area (Å²) in [5, 5.41) is 0. The van der Waals surface area contributed by atoms with Crippen molar-refractivity contribution in [2.24, 2.45) is 0 Å². The van der Waals surface area contributed by atoms with Crippen molar-refractivity contribution in [3.05, 3.63) is 29.8 Å². The number of carbonyl (C=O) groups excluding carboxylic acids is 3. The lowest BCUT2D eigenvalue weighted by molar-refractivity contribution is -0.121. The van der Waals surface area contributed by atoms with Crippen molar-refractivity contribution in [3.8, 4) is 0 Å². The third kappa shape index (κ3) is 2.15. The lowest BCUT2D eigenvalue weighted by Gasteiger charge is -2.14. The number of hydrogen-bond acceptors (Lipinski definition) is 4. The van der Waals surface area contributed by atoms with E-state index in [9.17, 15) is 14.4 Å². The Labute approximate surface area is 112 Å². The van der Waals surface area contributed by atoms with Crippen LogP contribution in [-0.2, 0) is 14.3 Å². The van der Waals surface area contributed by atoms with Gasteiger partial charge in [-0.3, -0.25) is 9.59 Å². The number of imide groups is 1. The largest absolute Gasteiger partial charge is 0.465 e. The van der Waals surface area contributed by atoms with Crippen molar-refractivity contribution in [3.63, 3.8) is 0 Å². The molecule has 0 aromatic heterocycles. The molecule has 2 amide bonds. The van der Waals surface area contributed by atoms with Gasteiger partial charge in [0.15, 0.2) is 0 Å². The summed E-state index contributed by atoms with van der Waals surface area (Å²) >= 11 is 3.14. The number of amides is 2. The van der Waals surface area contributed by atoms with E-state index in [2.05, 4.69) is 20.7 Å². The van der Waals surface area contributed by atoms with E-state index in [0.29, 0.717) is 11.3 Å². The Morgan fingerprint density at radius 1 is 1.33 bits per heavy atom. The third-order valence-corrected chi connectivity index (χ3v) is 3.35. The van der Waals surface area contributed by atoms with Crippen LogP contribution in [0.2, 0.25) is 0 Å². The van der Waals surface area contributed by atoms with Gasteiger partial charge in [-0.15, -0.1) is 0 Å². The molecule has 1 saturated heterocycles. The molecule has 1 aliphatic heterocycles. The highest BCUT2D eigenvalue weighted by molar-refractivity contribution is 9.10. The molecule has 0 saturated carbocycles. The lowest BCUT2D eigenvalue weighted by atomic mass is 10.2.